The molecule has 28 heavy (non-hydrogen) atoms. The van der Waals surface area contributed by atoms with Gasteiger partial charge < -0.3 is 15.5 Å². The van der Waals surface area contributed by atoms with Crippen LogP contribution in [0.5, 0.6) is 0 Å². The highest BCUT2D eigenvalue weighted by Gasteiger charge is 2.22. The molecule has 0 atom stereocenters. The monoisotopic (exact) mass is 378 g/mol. The van der Waals surface area contributed by atoms with Crippen molar-refractivity contribution in [2.75, 3.05) is 25.0 Å². The summed E-state index contributed by atoms with van der Waals surface area (Å²) in [5.74, 6) is -0.637. The number of benzene rings is 2. The molecule has 1 aliphatic rings. The van der Waals surface area contributed by atoms with E-state index in [9.17, 15) is 14.0 Å². The Morgan fingerprint density at radius 1 is 1.18 bits per heavy atom. The van der Waals surface area contributed by atoms with E-state index >= 15 is 0 Å². The maximum Gasteiger partial charge on any atom is 0.254 e. The summed E-state index contributed by atoms with van der Waals surface area (Å²) in [6, 6.07) is 13.9. The van der Waals surface area contributed by atoms with Gasteiger partial charge in [-0.25, -0.2) is 4.39 Å². The lowest BCUT2D eigenvalue weighted by atomic mass is 10.1. The van der Waals surface area contributed by atoms with Gasteiger partial charge in [0.05, 0.1) is 6.54 Å². The number of halogens is 1. The first kappa shape index (κ1) is 17.9. The Labute approximate surface area is 161 Å². The summed E-state index contributed by atoms with van der Waals surface area (Å²) in [7, 11) is 0. The van der Waals surface area contributed by atoms with Crippen LogP contribution in [0.2, 0.25) is 0 Å². The van der Waals surface area contributed by atoms with Gasteiger partial charge in [0.15, 0.2) is 0 Å². The predicted molar refractivity (Wildman–Crippen MR) is 104 cm³/mol. The smallest absolute Gasteiger partial charge is 0.254 e. The number of hydrogen-bond acceptors (Lipinski definition) is 4. The van der Waals surface area contributed by atoms with Crippen LogP contribution in [0.15, 0.2) is 54.7 Å². The average Bonchev–Trinajstić information content (AvgIpc) is 2.72. The molecule has 0 aliphatic carbocycles. The maximum absolute atomic E-state index is 13.9. The molecule has 2 heterocycles. The van der Waals surface area contributed by atoms with Gasteiger partial charge in [-0.3, -0.25) is 14.6 Å². The summed E-state index contributed by atoms with van der Waals surface area (Å²) in [4.78, 5) is 29.6. The van der Waals surface area contributed by atoms with Crippen LogP contribution in [0.1, 0.15) is 15.9 Å². The van der Waals surface area contributed by atoms with Crippen LogP contribution in [0.3, 0.4) is 0 Å². The minimum absolute atomic E-state index is 0.0911. The molecule has 1 saturated heterocycles. The third-order valence-electron chi connectivity index (χ3n) is 4.73. The van der Waals surface area contributed by atoms with E-state index in [1.54, 1.807) is 35.4 Å². The molecule has 2 N–H and O–H groups in total. The molecule has 1 fully saturated rings. The van der Waals surface area contributed by atoms with Crippen LogP contribution in [0, 0.1) is 5.82 Å². The first-order valence-electron chi connectivity index (χ1n) is 9.04. The van der Waals surface area contributed by atoms with E-state index in [1.807, 2.05) is 18.2 Å². The maximum atomic E-state index is 13.9. The van der Waals surface area contributed by atoms with Gasteiger partial charge in [-0.2, -0.15) is 0 Å². The Bertz CT molecular complexity index is 1040. The molecular weight excluding hydrogens is 359 g/mol. The van der Waals surface area contributed by atoms with Crippen molar-refractivity contribution in [1.29, 1.82) is 0 Å². The SMILES string of the molecule is O=C1CN(C(=O)c2ccc(CNc3ccnc4c(F)cccc34)cc2)CCN1. The second-order valence-corrected chi connectivity index (χ2v) is 6.62. The molecule has 6 nitrogen and oxygen atoms in total. The summed E-state index contributed by atoms with van der Waals surface area (Å²) >= 11 is 0. The fourth-order valence-electron chi connectivity index (χ4n) is 3.25. The summed E-state index contributed by atoms with van der Waals surface area (Å²) in [6.45, 7) is 1.61. The van der Waals surface area contributed by atoms with E-state index in [1.165, 1.54) is 6.07 Å². The van der Waals surface area contributed by atoms with Crippen molar-refractivity contribution in [1.82, 2.24) is 15.2 Å². The number of piperazine rings is 1. The van der Waals surface area contributed by atoms with E-state index in [2.05, 4.69) is 15.6 Å². The first-order chi connectivity index (χ1) is 13.6. The van der Waals surface area contributed by atoms with Gasteiger partial charge in [-0.05, 0) is 29.8 Å². The molecule has 3 aromatic rings. The van der Waals surface area contributed by atoms with Gasteiger partial charge in [0.2, 0.25) is 5.91 Å². The Hall–Kier alpha value is -3.48. The van der Waals surface area contributed by atoms with Crippen LogP contribution >= 0.6 is 0 Å². The molecule has 4 rings (SSSR count). The lowest BCUT2D eigenvalue weighted by Crippen LogP contribution is -2.49. The van der Waals surface area contributed by atoms with Gasteiger partial charge in [0, 0.05) is 42.5 Å². The zero-order chi connectivity index (χ0) is 19.5. The molecule has 1 aromatic heterocycles. The zero-order valence-corrected chi connectivity index (χ0v) is 15.1. The van der Waals surface area contributed by atoms with Crippen molar-refractivity contribution in [3.63, 3.8) is 0 Å². The molecule has 7 heteroatoms. The summed E-state index contributed by atoms with van der Waals surface area (Å²) in [6.07, 6.45) is 1.57. The molecule has 1 aliphatic heterocycles. The third-order valence-corrected chi connectivity index (χ3v) is 4.73. The van der Waals surface area contributed by atoms with Crippen LogP contribution in [-0.2, 0) is 11.3 Å². The second-order valence-electron chi connectivity index (χ2n) is 6.62. The lowest BCUT2D eigenvalue weighted by molar-refractivity contribution is -0.123. The normalized spacial score (nSPS) is 14.0. The summed E-state index contributed by atoms with van der Waals surface area (Å²) in [5, 5.41) is 6.72. The fourth-order valence-corrected chi connectivity index (χ4v) is 3.25. The Balaban J connectivity index is 1.45. The number of para-hydroxylation sites is 1. The number of rotatable bonds is 4. The van der Waals surface area contributed by atoms with Gasteiger partial charge in [0.1, 0.15) is 11.3 Å². The number of nitrogens with one attached hydrogen (secondary N) is 2. The van der Waals surface area contributed by atoms with Crippen LogP contribution in [-0.4, -0.2) is 41.3 Å². The number of amides is 2. The summed E-state index contributed by atoms with van der Waals surface area (Å²) < 4.78 is 13.9. The average molecular weight is 378 g/mol. The molecule has 2 amide bonds. The summed E-state index contributed by atoms with van der Waals surface area (Å²) in [5.41, 5.74) is 2.66. The minimum Gasteiger partial charge on any atom is -0.380 e. The molecule has 0 unspecified atom stereocenters. The van der Waals surface area contributed by atoms with Gasteiger partial charge in [-0.1, -0.05) is 24.3 Å². The fraction of sp³-hybridized carbons (Fsp3) is 0.190. The van der Waals surface area contributed by atoms with E-state index in [0.29, 0.717) is 30.7 Å². The predicted octanol–water partition coefficient (Wildman–Crippen LogP) is 2.56. The zero-order valence-electron chi connectivity index (χ0n) is 15.1. The van der Waals surface area contributed by atoms with Crippen LogP contribution in [0.25, 0.3) is 10.9 Å². The number of nitrogens with zero attached hydrogens (tertiary/aromatic N) is 2. The van der Waals surface area contributed by atoms with E-state index in [-0.39, 0.29) is 24.2 Å². The highest BCUT2D eigenvalue weighted by molar-refractivity contribution is 5.97. The lowest BCUT2D eigenvalue weighted by Gasteiger charge is -2.26. The number of pyridine rings is 1. The highest BCUT2D eigenvalue weighted by atomic mass is 19.1. The Morgan fingerprint density at radius 2 is 2.00 bits per heavy atom. The second kappa shape index (κ2) is 7.64. The number of carbonyl (C=O) groups is 2. The van der Waals surface area contributed by atoms with Crippen LogP contribution in [0.4, 0.5) is 10.1 Å². The van der Waals surface area contributed by atoms with Gasteiger partial charge in [-0.15, -0.1) is 0 Å². The molecule has 0 bridgehead atoms. The van der Waals surface area contributed by atoms with E-state index in [4.69, 9.17) is 0 Å². The molecule has 142 valence electrons. The number of aromatic nitrogens is 1. The van der Waals surface area contributed by atoms with Crippen molar-refractivity contribution in [2.45, 2.75) is 6.54 Å². The molecule has 0 spiro atoms. The van der Waals surface area contributed by atoms with E-state index in [0.717, 1.165) is 16.6 Å². The largest absolute Gasteiger partial charge is 0.380 e. The number of hydrogen-bond donors (Lipinski definition) is 2. The molecular formula is C21H19FN4O2. The minimum atomic E-state index is -0.351. The highest BCUT2D eigenvalue weighted by Crippen LogP contribution is 2.24. The number of anilines is 1. The Morgan fingerprint density at radius 3 is 2.79 bits per heavy atom. The van der Waals surface area contributed by atoms with E-state index < -0.39 is 0 Å². The van der Waals surface area contributed by atoms with Gasteiger partial charge >= 0.3 is 0 Å². The first-order valence-corrected chi connectivity index (χ1v) is 9.04. The molecule has 2 aromatic carbocycles. The van der Waals surface area contributed by atoms with Crippen molar-refractivity contribution in [2.24, 2.45) is 0 Å². The van der Waals surface area contributed by atoms with Crippen molar-refractivity contribution in [3.8, 4) is 0 Å². The van der Waals surface area contributed by atoms with Crippen molar-refractivity contribution < 1.29 is 14.0 Å². The van der Waals surface area contributed by atoms with Crippen molar-refractivity contribution >= 4 is 28.4 Å². The molecule has 0 radical (unpaired) electrons. The van der Waals surface area contributed by atoms with Crippen molar-refractivity contribution in [3.05, 3.63) is 71.7 Å². The standard InChI is InChI=1S/C21H19FN4O2/c22-17-3-1-2-16-18(8-9-24-20(16)17)25-12-14-4-6-15(7-5-14)21(28)26-11-10-23-19(27)13-26/h1-9H,10-13H2,(H,23,27)(H,24,25). The third kappa shape index (κ3) is 3.64. The number of fused-ring (bicyclic) bond motifs is 1. The quantitative estimate of drug-likeness (QED) is 0.732. The number of carbonyl (C=O) groups excluding carboxylic acids is 2. The molecule has 0 saturated carbocycles. The van der Waals surface area contributed by atoms with Gasteiger partial charge in [0.25, 0.3) is 5.91 Å². The topological polar surface area (TPSA) is 74.3 Å². The van der Waals surface area contributed by atoms with Crippen LogP contribution < -0.4 is 10.6 Å². The Kier molecular flexibility index (Phi) is 4.89.